The van der Waals surface area contributed by atoms with Gasteiger partial charge in [-0.25, -0.2) is 5.43 Å². The van der Waals surface area contributed by atoms with Crippen molar-refractivity contribution < 1.29 is 14.4 Å². The number of likely N-dealkylation sites (tertiary alicyclic amines) is 2. The van der Waals surface area contributed by atoms with Gasteiger partial charge in [0.2, 0.25) is 17.7 Å². The van der Waals surface area contributed by atoms with Gasteiger partial charge < -0.3 is 9.80 Å². The summed E-state index contributed by atoms with van der Waals surface area (Å²) in [7, 11) is 0. The number of carbonyl (C=O) groups is 3. The van der Waals surface area contributed by atoms with Crippen LogP contribution in [0.3, 0.4) is 0 Å². The van der Waals surface area contributed by atoms with Gasteiger partial charge in [-0.3, -0.25) is 14.4 Å². The maximum Gasteiger partial charge on any atom is 0.240 e. The maximum atomic E-state index is 13.3. The second kappa shape index (κ2) is 7.60. The molecule has 4 rings (SSSR count). The molecule has 1 atom stereocenters. The average Bonchev–Trinajstić information content (AvgIpc) is 3.34. The number of hydrazone groups is 1. The first-order chi connectivity index (χ1) is 13.1. The normalized spacial score (nSPS) is 29.4. The lowest BCUT2D eigenvalue weighted by Crippen LogP contribution is -2.53. The van der Waals surface area contributed by atoms with Crippen LogP contribution in [0.15, 0.2) is 5.10 Å². The lowest BCUT2D eigenvalue weighted by molar-refractivity contribution is -0.148. The zero-order chi connectivity index (χ0) is 18.9. The molecule has 0 aromatic rings. The Morgan fingerprint density at radius 3 is 2.67 bits per heavy atom. The lowest BCUT2D eigenvalue weighted by atomic mass is 9.77. The Labute approximate surface area is 160 Å². The minimum atomic E-state index is -0.340. The molecule has 148 valence electrons. The number of hydrogen-bond acceptors (Lipinski definition) is 4. The summed E-state index contributed by atoms with van der Waals surface area (Å²) in [4.78, 5) is 41.1. The van der Waals surface area contributed by atoms with Crippen LogP contribution in [0, 0.1) is 5.41 Å². The maximum absolute atomic E-state index is 13.3. The molecule has 3 amide bonds. The number of hydrogen-bond donors (Lipinski definition) is 1. The summed E-state index contributed by atoms with van der Waals surface area (Å²) in [5, 5.41) is 4.04. The van der Waals surface area contributed by atoms with E-state index in [1.54, 1.807) is 0 Å². The van der Waals surface area contributed by atoms with E-state index in [2.05, 4.69) is 15.4 Å². The number of piperidine rings is 1. The van der Waals surface area contributed by atoms with E-state index in [0.717, 1.165) is 44.4 Å². The number of carbonyl (C=O) groups excluding carboxylic acids is 3. The third-order valence-corrected chi connectivity index (χ3v) is 6.85. The molecule has 2 saturated heterocycles. The van der Waals surface area contributed by atoms with E-state index in [1.807, 2.05) is 4.90 Å². The van der Waals surface area contributed by atoms with Gasteiger partial charge in [0.1, 0.15) is 0 Å². The van der Waals surface area contributed by atoms with Crippen LogP contribution in [0.1, 0.15) is 70.6 Å². The van der Waals surface area contributed by atoms with Crippen molar-refractivity contribution in [2.75, 3.05) is 19.6 Å². The highest BCUT2D eigenvalue weighted by atomic mass is 16.2. The van der Waals surface area contributed by atoms with E-state index in [4.69, 9.17) is 0 Å². The van der Waals surface area contributed by atoms with Gasteiger partial charge in [-0.05, 0) is 44.9 Å². The predicted octanol–water partition coefficient (Wildman–Crippen LogP) is 1.82. The van der Waals surface area contributed by atoms with Crippen molar-refractivity contribution in [2.24, 2.45) is 10.5 Å². The Kier molecular flexibility index (Phi) is 5.19. The average molecular weight is 374 g/mol. The van der Waals surface area contributed by atoms with E-state index >= 15 is 0 Å². The van der Waals surface area contributed by atoms with Gasteiger partial charge in [0, 0.05) is 44.2 Å². The Morgan fingerprint density at radius 1 is 1.11 bits per heavy atom. The van der Waals surface area contributed by atoms with Crippen molar-refractivity contribution in [1.29, 1.82) is 0 Å². The summed E-state index contributed by atoms with van der Waals surface area (Å²) >= 11 is 0. The van der Waals surface area contributed by atoms with E-state index < -0.39 is 0 Å². The molecule has 3 heterocycles. The molecule has 1 aliphatic carbocycles. The summed E-state index contributed by atoms with van der Waals surface area (Å²) < 4.78 is 0. The lowest BCUT2D eigenvalue weighted by Gasteiger charge is -2.42. The Hall–Kier alpha value is -1.92. The van der Waals surface area contributed by atoms with Gasteiger partial charge in [0.05, 0.1) is 5.41 Å². The van der Waals surface area contributed by atoms with Crippen molar-refractivity contribution in [3.8, 4) is 0 Å². The first-order valence-electron chi connectivity index (χ1n) is 10.5. The molecule has 27 heavy (non-hydrogen) atoms. The molecule has 7 nitrogen and oxygen atoms in total. The Balaban J connectivity index is 1.33. The third-order valence-electron chi connectivity index (χ3n) is 6.85. The summed E-state index contributed by atoms with van der Waals surface area (Å²) in [5.74, 6) is 0.349. The van der Waals surface area contributed by atoms with Gasteiger partial charge in [-0.15, -0.1) is 0 Å². The molecule has 0 aromatic carbocycles. The van der Waals surface area contributed by atoms with Gasteiger partial charge >= 0.3 is 0 Å². The van der Waals surface area contributed by atoms with Gasteiger partial charge in [-0.1, -0.05) is 12.8 Å². The largest absolute Gasteiger partial charge is 0.342 e. The Bertz CT molecular complexity index is 656. The molecule has 1 saturated carbocycles. The first-order valence-corrected chi connectivity index (χ1v) is 10.5. The van der Waals surface area contributed by atoms with Crippen LogP contribution in [-0.4, -0.2) is 58.9 Å². The molecule has 0 unspecified atom stereocenters. The molecule has 3 aliphatic heterocycles. The molecular formula is C20H30N4O3. The Morgan fingerprint density at radius 2 is 1.93 bits per heavy atom. The van der Waals surface area contributed by atoms with Crippen molar-refractivity contribution in [3.05, 3.63) is 0 Å². The summed E-state index contributed by atoms with van der Waals surface area (Å²) in [6.45, 7) is 2.16. The molecule has 4 aliphatic rings. The van der Waals surface area contributed by atoms with E-state index in [0.29, 0.717) is 50.7 Å². The van der Waals surface area contributed by atoms with Crippen molar-refractivity contribution >= 4 is 23.4 Å². The SMILES string of the molecule is O=C1CCC(CCC(=O)N2CC[C@@]3(CCCN(C4CCCC4)C3=O)C2)=NN1. The van der Waals surface area contributed by atoms with E-state index in [-0.39, 0.29) is 17.2 Å². The predicted molar refractivity (Wildman–Crippen MR) is 101 cm³/mol. The van der Waals surface area contributed by atoms with Crippen molar-refractivity contribution in [3.63, 3.8) is 0 Å². The number of nitrogens with zero attached hydrogens (tertiary/aromatic N) is 3. The van der Waals surface area contributed by atoms with Crippen LogP contribution in [0.25, 0.3) is 0 Å². The molecule has 7 heteroatoms. The van der Waals surface area contributed by atoms with Gasteiger partial charge in [0.15, 0.2) is 0 Å². The number of rotatable bonds is 4. The standard InChI is InChI=1S/C20H30N4O3/c25-17-8-6-15(21-22-17)7-9-18(26)23-13-11-20(14-23)10-3-12-24(19(20)27)16-4-1-2-5-16/h16H,1-14H2,(H,22,25)/t20-/m0/s1. The molecular weight excluding hydrogens is 344 g/mol. The highest BCUT2D eigenvalue weighted by molar-refractivity contribution is 5.94. The van der Waals surface area contributed by atoms with E-state index in [9.17, 15) is 14.4 Å². The van der Waals surface area contributed by atoms with Crippen LogP contribution < -0.4 is 5.43 Å². The minimum absolute atomic E-state index is 0.0609. The molecule has 0 aromatic heterocycles. The van der Waals surface area contributed by atoms with Crippen LogP contribution in [0.2, 0.25) is 0 Å². The zero-order valence-corrected chi connectivity index (χ0v) is 16.0. The quantitative estimate of drug-likeness (QED) is 0.815. The van der Waals surface area contributed by atoms with Crippen LogP contribution in [0.4, 0.5) is 0 Å². The highest BCUT2D eigenvalue weighted by Crippen LogP contribution is 2.42. The molecule has 0 bridgehead atoms. The fourth-order valence-electron chi connectivity index (χ4n) is 5.23. The molecule has 3 fully saturated rings. The van der Waals surface area contributed by atoms with Crippen LogP contribution in [-0.2, 0) is 14.4 Å². The number of nitrogens with one attached hydrogen (secondary N) is 1. The van der Waals surface area contributed by atoms with Crippen LogP contribution >= 0.6 is 0 Å². The van der Waals surface area contributed by atoms with Crippen molar-refractivity contribution in [1.82, 2.24) is 15.2 Å². The molecule has 1 spiro atoms. The van der Waals surface area contributed by atoms with Crippen LogP contribution in [0.5, 0.6) is 0 Å². The first kappa shape index (κ1) is 18.4. The highest BCUT2D eigenvalue weighted by Gasteiger charge is 2.50. The second-order valence-corrected chi connectivity index (χ2v) is 8.60. The zero-order valence-electron chi connectivity index (χ0n) is 16.0. The molecule has 1 N–H and O–H groups in total. The summed E-state index contributed by atoms with van der Waals surface area (Å²) in [5.41, 5.74) is 3.03. The second-order valence-electron chi connectivity index (χ2n) is 8.60. The topological polar surface area (TPSA) is 82.1 Å². The minimum Gasteiger partial charge on any atom is -0.342 e. The third kappa shape index (κ3) is 3.73. The summed E-state index contributed by atoms with van der Waals surface area (Å²) in [6, 6.07) is 0.430. The monoisotopic (exact) mass is 374 g/mol. The molecule has 0 radical (unpaired) electrons. The van der Waals surface area contributed by atoms with Gasteiger partial charge in [0.25, 0.3) is 0 Å². The fraction of sp³-hybridized carbons (Fsp3) is 0.800. The smallest absolute Gasteiger partial charge is 0.240 e. The van der Waals surface area contributed by atoms with E-state index in [1.165, 1.54) is 12.8 Å². The van der Waals surface area contributed by atoms with Crippen molar-refractivity contribution in [2.45, 2.75) is 76.7 Å². The number of amides is 3. The summed E-state index contributed by atoms with van der Waals surface area (Å²) in [6.07, 6.45) is 9.61. The fourth-order valence-corrected chi connectivity index (χ4v) is 5.23. The van der Waals surface area contributed by atoms with Gasteiger partial charge in [-0.2, -0.15) is 5.10 Å².